The predicted octanol–water partition coefficient (Wildman–Crippen LogP) is 1.22. The zero-order chi connectivity index (χ0) is 19.7. The average Bonchev–Trinajstić information content (AvgIpc) is 3.34. The summed E-state index contributed by atoms with van der Waals surface area (Å²) in [7, 11) is -1.88. The van der Waals surface area contributed by atoms with Crippen molar-refractivity contribution in [3.63, 3.8) is 0 Å². The van der Waals surface area contributed by atoms with Crippen molar-refractivity contribution in [1.82, 2.24) is 23.8 Å². The number of ether oxygens (including phenoxy) is 1. The van der Waals surface area contributed by atoms with E-state index in [1.54, 1.807) is 37.6 Å². The first kappa shape index (κ1) is 18.8. The number of aromatic amines is 1. The quantitative estimate of drug-likeness (QED) is 0.663. The fourth-order valence-electron chi connectivity index (χ4n) is 3.33. The van der Waals surface area contributed by atoms with Gasteiger partial charge in [-0.15, -0.1) is 0 Å². The summed E-state index contributed by atoms with van der Waals surface area (Å²) in [4.78, 5) is 23.9. The molecule has 0 unspecified atom stereocenters. The lowest BCUT2D eigenvalue weighted by Gasteiger charge is -2.15. The predicted molar refractivity (Wildman–Crippen MR) is 103 cm³/mol. The van der Waals surface area contributed by atoms with E-state index in [2.05, 4.69) is 15.0 Å². The number of imidazole rings is 1. The highest BCUT2D eigenvalue weighted by Gasteiger charge is 2.27. The molecule has 10 heteroatoms. The van der Waals surface area contributed by atoms with Crippen LogP contribution in [0, 0.1) is 0 Å². The van der Waals surface area contributed by atoms with E-state index in [1.807, 2.05) is 0 Å². The summed E-state index contributed by atoms with van der Waals surface area (Å²) in [5.74, 6) is 0. The van der Waals surface area contributed by atoms with Gasteiger partial charge in [0.05, 0.1) is 29.9 Å². The van der Waals surface area contributed by atoms with Gasteiger partial charge < -0.3 is 4.74 Å². The lowest BCUT2D eigenvalue weighted by molar-refractivity contribution is 0.187. The molecule has 1 aliphatic heterocycles. The highest BCUT2D eigenvalue weighted by Crippen LogP contribution is 2.24. The molecule has 9 nitrogen and oxygen atoms in total. The van der Waals surface area contributed by atoms with Crippen LogP contribution in [0.15, 0.2) is 40.2 Å². The van der Waals surface area contributed by atoms with E-state index in [4.69, 9.17) is 4.74 Å². The minimum atomic E-state index is -3.45. The molecule has 0 atom stereocenters. The normalized spacial score (nSPS) is 15.5. The van der Waals surface area contributed by atoms with Crippen molar-refractivity contribution in [1.29, 1.82) is 0 Å². The van der Waals surface area contributed by atoms with Crippen LogP contribution in [0.4, 0.5) is 0 Å². The first-order chi connectivity index (χ1) is 13.5. The SMILES string of the molecule is COCCn1c(=O)[nH]c2nc(-c3ccc(S(=O)(=O)N4CCCC4)cc3)cnc21. The van der Waals surface area contributed by atoms with Gasteiger partial charge in [-0.1, -0.05) is 12.1 Å². The van der Waals surface area contributed by atoms with E-state index in [-0.39, 0.29) is 10.6 Å². The van der Waals surface area contributed by atoms with Gasteiger partial charge in [0, 0.05) is 25.8 Å². The second kappa shape index (κ2) is 7.46. The summed E-state index contributed by atoms with van der Waals surface area (Å²) in [6.07, 6.45) is 3.37. The van der Waals surface area contributed by atoms with Crippen LogP contribution in [0.2, 0.25) is 0 Å². The molecule has 1 aromatic carbocycles. The fourth-order valence-corrected chi connectivity index (χ4v) is 4.85. The summed E-state index contributed by atoms with van der Waals surface area (Å²) in [6.45, 7) is 1.91. The second-order valence-corrected chi connectivity index (χ2v) is 8.58. The molecule has 148 valence electrons. The zero-order valence-corrected chi connectivity index (χ0v) is 16.3. The fraction of sp³-hybridized carbons (Fsp3) is 0.389. The van der Waals surface area contributed by atoms with Crippen LogP contribution in [0.1, 0.15) is 12.8 Å². The number of rotatable bonds is 6. The number of methoxy groups -OCH3 is 1. The zero-order valence-electron chi connectivity index (χ0n) is 15.5. The molecule has 0 radical (unpaired) electrons. The van der Waals surface area contributed by atoms with Gasteiger partial charge in [0.2, 0.25) is 10.0 Å². The van der Waals surface area contributed by atoms with Crippen LogP contribution in [0.3, 0.4) is 0 Å². The molecule has 2 aromatic heterocycles. The standard InChI is InChI=1S/C18H21N5O4S/c1-27-11-10-23-17-16(21-18(23)24)20-15(12-19-17)13-4-6-14(7-5-13)28(25,26)22-8-2-3-9-22/h4-7,12H,2-3,8-11H2,1H3,(H,20,21,24). The van der Waals surface area contributed by atoms with E-state index in [9.17, 15) is 13.2 Å². The van der Waals surface area contributed by atoms with Gasteiger partial charge in [-0.3, -0.25) is 9.55 Å². The molecule has 3 aromatic rings. The van der Waals surface area contributed by atoms with E-state index in [0.717, 1.165) is 18.4 Å². The van der Waals surface area contributed by atoms with Crippen LogP contribution in [-0.4, -0.2) is 59.0 Å². The number of H-pyrrole nitrogens is 1. The maximum absolute atomic E-state index is 12.6. The topological polar surface area (TPSA) is 110 Å². The van der Waals surface area contributed by atoms with Gasteiger partial charge in [0.1, 0.15) is 0 Å². The molecular formula is C18H21N5O4S. The lowest BCUT2D eigenvalue weighted by atomic mass is 10.2. The van der Waals surface area contributed by atoms with Crippen molar-refractivity contribution in [2.75, 3.05) is 26.8 Å². The van der Waals surface area contributed by atoms with E-state index >= 15 is 0 Å². The number of sulfonamides is 1. The third kappa shape index (κ3) is 3.34. The van der Waals surface area contributed by atoms with Gasteiger partial charge in [-0.2, -0.15) is 4.31 Å². The molecule has 3 heterocycles. The van der Waals surface area contributed by atoms with Crippen LogP contribution in [0.25, 0.3) is 22.6 Å². The van der Waals surface area contributed by atoms with Gasteiger partial charge in [-0.25, -0.2) is 23.2 Å². The molecule has 0 aliphatic carbocycles. The minimum Gasteiger partial charge on any atom is -0.383 e. The second-order valence-electron chi connectivity index (χ2n) is 6.64. The first-order valence-electron chi connectivity index (χ1n) is 9.06. The average molecular weight is 403 g/mol. The molecule has 1 N–H and O–H groups in total. The molecule has 28 heavy (non-hydrogen) atoms. The molecule has 0 saturated carbocycles. The number of nitrogens with zero attached hydrogens (tertiary/aromatic N) is 4. The summed E-state index contributed by atoms with van der Waals surface area (Å²) in [5, 5.41) is 0. The lowest BCUT2D eigenvalue weighted by Crippen LogP contribution is -2.27. The minimum absolute atomic E-state index is 0.270. The Hall–Kier alpha value is -2.56. The summed E-state index contributed by atoms with van der Waals surface area (Å²) in [5.41, 5.74) is 1.82. The van der Waals surface area contributed by atoms with Crippen LogP contribution in [-0.2, 0) is 21.3 Å². The van der Waals surface area contributed by atoms with E-state index in [1.165, 1.54) is 8.87 Å². The molecule has 0 amide bonds. The van der Waals surface area contributed by atoms with Crippen molar-refractivity contribution < 1.29 is 13.2 Å². The number of aromatic nitrogens is 4. The van der Waals surface area contributed by atoms with Gasteiger partial charge in [0.15, 0.2) is 11.3 Å². The van der Waals surface area contributed by atoms with E-state index < -0.39 is 10.0 Å². The Morgan fingerprint density at radius 3 is 2.57 bits per heavy atom. The van der Waals surface area contributed by atoms with Crippen molar-refractivity contribution in [3.05, 3.63) is 40.9 Å². The largest absolute Gasteiger partial charge is 0.383 e. The number of hydrogen-bond donors (Lipinski definition) is 1. The Bertz CT molecular complexity index is 1140. The van der Waals surface area contributed by atoms with E-state index in [0.29, 0.717) is 43.2 Å². The van der Waals surface area contributed by atoms with Crippen LogP contribution >= 0.6 is 0 Å². The molecule has 1 fully saturated rings. The van der Waals surface area contributed by atoms with Crippen LogP contribution < -0.4 is 5.69 Å². The molecule has 0 bridgehead atoms. The maximum Gasteiger partial charge on any atom is 0.328 e. The molecule has 1 aliphatic rings. The third-order valence-electron chi connectivity index (χ3n) is 4.85. The highest BCUT2D eigenvalue weighted by atomic mass is 32.2. The number of nitrogens with one attached hydrogen (secondary N) is 1. The summed E-state index contributed by atoms with van der Waals surface area (Å²) < 4.78 is 33.3. The van der Waals surface area contributed by atoms with Gasteiger partial charge in [0.25, 0.3) is 0 Å². The maximum atomic E-state index is 12.6. The number of hydrogen-bond acceptors (Lipinski definition) is 6. The monoisotopic (exact) mass is 403 g/mol. The Kier molecular flexibility index (Phi) is 5.00. The van der Waals surface area contributed by atoms with Crippen molar-refractivity contribution in [2.45, 2.75) is 24.3 Å². The Morgan fingerprint density at radius 1 is 1.18 bits per heavy atom. The third-order valence-corrected chi connectivity index (χ3v) is 6.76. The number of benzene rings is 1. The molecule has 0 spiro atoms. The molecule has 1 saturated heterocycles. The Balaban J connectivity index is 1.64. The summed E-state index contributed by atoms with van der Waals surface area (Å²) >= 11 is 0. The van der Waals surface area contributed by atoms with Crippen LogP contribution in [0.5, 0.6) is 0 Å². The van der Waals surface area contributed by atoms with Crippen molar-refractivity contribution in [3.8, 4) is 11.3 Å². The highest BCUT2D eigenvalue weighted by molar-refractivity contribution is 7.89. The molecule has 4 rings (SSSR count). The van der Waals surface area contributed by atoms with Crippen molar-refractivity contribution >= 4 is 21.3 Å². The van der Waals surface area contributed by atoms with Crippen molar-refractivity contribution in [2.24, 2.45) is 0 Å². The van der Waals surface area contributed by atoms with Gasteiger partial charge in [-0.05, 0) is 25.0 Å². The van der Waals surface area contributed by atoms with Gasteiger partial charge >= 0.3 is 5.69 Å². The summed E-state index contributed by atoms with van der Waals surface area (Å²) in [6, 6.07) is 6.58. The number of fused-ring (bicyclic) bond motifs is 1. The Morgan fingerprint density at radius 2 is 1.89 bits per heavy atom. The molecular weight excluding hydrogens is 382 g/mol. The first-order valence-corrected chi connectivity index (χ1v) is 10.5. The smallest absolute Gasteiger partial charge is 0.328 e. The Labute approximate surface area is 162 Å².